The lowest BCUT2D eigenvalue weighted by molar-refractivity contribution is 0.193. The summed E-state index contributed by atoms with van der Waals surface area (Å²) in [4.78, 5) is 4.32. The van der Waals surface area contributed by atoms with E-state index >= 15 is 0 Å². The van der Waals surface area contributed by atoms with Gasteiger partial charge >= 0.3 is 0 Å². The van der Waals surface area contributed by atoms with Crippen molar-refractivity contribution >= 4 is 5.65 Å². The highest BCUT2D eigenvalue weighted by atomic mass is 16.5. The van der Waals surface area contributed by atoms with E-state index in [9.17, 15) is 5.11 Å². The Hall–Kier alpha value is -1.62. The molecule has 0 saturated carbocycles. The molecule has 0 aliphatic carbocycles. The van der Waals surface area contributed by atoms with E-state index in [2.05, 4.69) is 10.1 Å². The molecule has 15 heavy (non-hydrogen) atoms. The van der Waals surface area contributed by atoms with Crippen molar-refractivity contribution in [2.24, 2.45) is 0 Å². The predicted molar refractivity (Wildman–Crippen MR) is 52.8 cm³/mol. The molecule has 1 N–H and O–H groups in total. The Kier molecular flexibility index (Phi) is 1.85. The first-order chi connectivity index (χ1) is 7.34. The normalized spacial score (nSPS) is 21.2. The predicted octanol–water partition coefficient (Wildman–Crippen LogP) is 0.939. The summed E-state index contributed by atoms with van der Waals surface area (Å²) in [6, 6.07) is 3.35. The summed E-state index contributed by atoms with van der Waals surface area (Å²) in [5.74, 6) is 1.19. The lowest BCUT2D eigenvalue weighted by Crippen LogP contribution is -2.00. The zero-order chi connectivity index (χ0) is 10.3. The molecular weight excluding hydrogens is 194 g/mol. The number of ether oxygens (including phenoxy) is 1. The number of nitrogens with zero attached hydrogens (tertiary/aromatic N) is 3. The molecule has 2 aromatic heterocycles. The fourth-order valence-electron chi connectivity index (χ4n) is 1.82. The molecule has 5 heteroatoms. The summed E-state index contributed by atoms with van der Waals surface area (Å²) in [5.41, 5.74) is 0.513. The molecule has 1 unspecified atom stereocenters. The number of fused-ring (bicyclic) bond motifs is 1. The monoisotopic (exact) mass is 205 g/mol. The Bertz CT molecular complexity index is 488. The van der Waals surface area contributed by atoms with Gasteiger partial charge in [0.25, 0.3) is 0 Å². The van der Waals surface area contributed by atoms with E-state index in [1.54, 1.807) is 22.8 Å². The van der Waals surface area contributed by atoms with Crippen molar-refractivity contribution in [3.05, 3.63) is 24.2 Å². The van der Waals surface area contributed by atoms with E-state index in [1.807, 2.05) is 0 Å². The second kappa shape index (κ2) is 3.20. The van der Waals surface area contributed by atoms with Crippen LogP contribution in [0.4, 0.5) is 0 Å². The first kappa shape index (κ1) is 8.67. The average molecular weight is 205 g/mol. The highest BCUT2D eigenvalue weighted by Crippen LogP contribution is 2.24. The number of pyridine rings is 1. The van der Waals surface area contributed by atoms with E-state index in [-0.39, 0.29) is 11.7 Å². The van der Waals surface area contributed by atoms with Crippen molar-refractivity contribution in [1.82, 2.24) is 14.6 Å². The van der Waals surface area contributed by atoms with Gasteiger partial charge in [0.1, 0.15) is 0 Å². The van der Waals surface area contributed by atoms with Crippen LogP contribution in [-0.4, -0.2) is 32.9 Å². The van der Waals surface area contributed by atoms with E-state index < -0.39 is 0 Å². The minimum atomic E-state index is 0.162. The summed E-state index contributed by atoms with van der Waals surface area (Å²) in [6.45, 7) is 1.45. The van der Waals surface area contributed by atoms with Crippen molar-refractivity contribution in [1.29, 1.82) is 0 Å². The zero-order valence-electron chi connectivity index (χ0n) is 8.13. The maximum absolute atomic E-state index is 9.57. The van der Waals surface area contributed by atoms with Crippen LogP contribution in [0.2, 0.25) is 0 Å². The van der Waals surface area contributed by atoms with Crippen molar-refractivity contribution < 1.29 is 9.84 Å². The van der Waals surface area contributed by atoms with Crippen molar-refractivity contribution in [2.75, 3.05) is 13.2 Å². The van der Waals surface area contributed by atoms with Crippen LogP contribution < -0.4 is 0 Å². The summed E-state index contributed by atoms with van der Waals surface area (Å²) in [6.07, 6.45) is 2.74. The highest BCUT2D eigenvalue weighted by Gasteiger charge is 2.22. The Morgan fingerprint density at radius 2 is 2.47 bits per heavy atom. The van der Waals surface area contributed by atoms with Gasteiger partial charge in [-0.15, -0.1) is 0 Å². The molecule has 0 bridgehead atoms. The molecule has 5 nitrogen and oxygen atoms in total. The standard InChI is InChI=1S/C10H11N3O2/c14-8-2-1-4-13-10(8)11-9(12-13)7-3-5-15-6-7/h1-2,4,7,14H,3,5-6H2. The maximum atomic E-state index is 9.57. The van der Waals surface area contributed by atoms with E-state index in [1.165, 1.54) is 0 Å². The minimum absolute atomic E-state index is 0.162. The molecule has 0 radical (unpaired) electrons. The molecule has 3 rings (SSSR count). The van der Waals surface area contributed by atoms with Gasteiger partial charge in [-0.3, -0.25) is 0 Å². The Balaban J connectivity index is 2.09. The highest BCUT2D eigenvalue weighted by molar-refractivity contribution is 5.51. The average Bonchev–Trinajstić information content (AvgIpc) is 2.86. The molecule has 3 heterocycles. The quantitative estimate of drug-likeness (QED) is 0.752. The molecule has 78 valence electrons. The molecule has 1 aliphatic rings. The van der Waals surface area contributed by atoms with Crippen LogP contribution in [0.5, 0.6) is 5.75 Å². The van der Waals surface area contributed by atoms with Gasteiger partial charge in [-0.1, -0.05) is 0 Å². The first-order valence-electron chi connectivity index (χ1n) is 4.96. The van der Waals surface area contributed by atoms with Crippen LogP contribution in [-0.2, 0) is 4.74 Å². The van der Waals surface area contributed by atoms with Crippen LogP contribution in [0, 0.1) is 0 Å². The third-order valence-electron chi connectivity index (χ3n) is 2.65. The van der Waals surface area contributed by atoms with Gasteiger partial charge in [0.15, 0.2) is 17.2 Å². The van der Waals surface area contributed by atoms with Gasteiger partial charge in [-0.25, -0.2) is 9.50 Å². The molecule has 2 aromatic rings. The Morgan fingerprint density at radius 3 is 3.20 bits per heavy atom. The molecule has 1 saturated heterocycles. The number of rotatable bonds is 1. The zero-order valence-corrected chi connectivity index (χ0v) is 8.13. The van der Waals surface area contributed by atoms with Gasteiger partial charge in [0.05, 0.1) is 6.61 Å². The second-order valence-electron chi connectivity index (χ2n) is 3.69. The molecule has 0 spiro atoms. The van der Waals surface area contributed by atoms with Crippen LogP contribution >= 0.6 is 0 Å². The maximum Gasteiger partial charge on any atom is 0.197 e. The van der Waals surface area contributed by atoms with Crippen molar-refractivity contribution in [3.63, 3.8) is 0 Å². The fraction of sp³-hybridized carbons (Fsp3) is 0.400. The summed E-state index contributed by atoms with van der Waals surface area (Å²) < 4.78 is 6.89. The van der Waals surface area contributed by atoms with E-state index in [4.69, 9.17) is 4.74 Å². The van der Waals surface area contributed by atoms with Crippen LogP contribution in [0.15, 0.2) is 18.3 Å². The minimum Gasteiger partial charge on any atom is -0.504 e. The number of hydrogen-bond acceptors (Lipinski definition) is 4. The van der Waals surface area contributed by atoms with Gasteiger partial charge in [-0.2, -0.15) is 5.10 Å². The van der Waals surface area contributed by atoms with Crippen molar-refractivity contribution in [2.45, 2.75) is 12.3 Å². The number of hydrogen-bond donors (Lipinski definition) is 1. The van der Waals surface area contributed by atoms with Gasteiger partial charge in [-0.05, 0) is 18.6 Å². The molecule has 1 aliphatic heterocycles. The van der Waals surface area contributed by atoms with Crippen LogP contribution in [0.25, 0.3) is 5.65 Å². The molecule has 1 atom stereocenters. The molecular formula is C10H11N3O2. The van der Waals surface area contributed by atoms with Crippen molar-refractivity contribution in [3.8, 4) is 5.75 Å². The fourth-order valence-corrected chi connectivity index (χ4v) is 1.82. The van der Waals surface area contributed by atoms with Gasteiger partial charge < -0.3 is 9.84 Å². The largest absolute Gasteiger partial charge is 0.504 e. The summed E-state index contributed by atoms with van der Waals surface area (Å²) >= 11 is 0. The van der Waals surface area contributed by atoms with Gasteiger partial charge in [0.2, 0.25) is 0 Å². The Labute approximate surface area is 86.3 Å². The lowest BCUT2D eigenvalue weighted by atomic mass is 10.1. The molecule has 1 fully saturated rings. The second-order valence-corrected chi connectivity index (χ2v) is 3.69. The van der Waals surface area contributed by atoms with Crippen LogP contribution in [0.3, 0.4) is 0 Å². The van der Waals surface area contributed by atoms with Gasteiger partial charge in [0, 0.05) is 18.7 Å². The van der Waals surface area contributed by atoms with E-state index in [0.717, 1.165) is 18.9 Å². The smallest absolute Gasteiger partial charge is 0.197 e. The molecule has 0 amide bonds. The van der Waals surface area contributed by atoms with Crippen LogP contribution in [0.1, 0.15) is 18.2 Å². The third kappa shape index (κ3) is 1.35. The van der Waals surface area contributed by atoms with E-state index in [0.29, 0.717) is 12.3 Å². The summed E-state index contributed by atoms with van der Waals surface area (Å²) in [7, 11) is 0. The number of aromatic nitrogens is 3. The third-order valence-corrected chi connectivity index (χ3v) is 2.65. The molecule has 0 aromatic carbocycles. The number of aromatic hydroxyl groups is 1. The SMILES string of the molecule is Oc1cccn2nc(C3CCOC3)nc12. The summed E-state index contributed by atoms with van der Waals surface area (Å²) in [5, 5.41) is 13.9. The lowest BCUT2D eigenvalue weighted by Gasteiger charge is -1.98. The first-order valence-corrected chi connectivity index (χ1v) is 4.96. The topological polar surface area (TPSA) is 59.7 Å². The Morgan fingerprint density at radius 1 is 1.53 bits per heavy atom.